The molecule has 1 N–H and O–H groups in total. The van der Waals surface area contributed by atoms with Gasteiger partial charge in [-0.05, 0) is 39.9 Å². The molecule has 94 valence electrons. The fraction of sp³-hybridized carbons (Fsp3) is 0.571. The molecule has 1 unspecified atom stereocenters. The zero-order valence-electron chi connectivity index (χ0n) is 10.5. The molecule has 1 fully saturated rings. The minimum Gasteiger partial charge on any atom is -0.396 e. The lowest BCUT2D eigenvalue weighted by molar-refractivity contribution is 0.0967. The average Bonchev–Trinajstić information content (AvgIpc) is 2.30. The Labute approximate surface area is 112 Å². The number of halogens is 1. The summed E-state index contributed by atoms with van der Waals surface area (Å²) in [5.74, 6) is 0.350. The third-order valence-electron chi connectivity index (χ3n) is 3.99. The standard InChI is InChI=1S/C14H20BrNO/c1-14(2)7-8-16(9-11(14)10-17)13-6-4-3-5-12(13)15/h3-6,11,17H,7-10H2,1-2H3. The van der Waals surface area contributed by atoms with E-state index in [-0.39, 0.29) is 12.0 Å². The Morgan fingerprint density at radius 3 is 2.76 bits per heavy atom. The molecule has 0 bridgehead atoms. The van der Waals surface area contributed by atoms with Crippen LogP contribution in [-0.4, -0.2) is 24.8 Å². The zero-order valence-corrected chi connectivity index (χ0v) is 12.1. The van der Waals surface area contributed by atoms with E-state index < -0.39 is 0 Å². The van der Waals surface area contributed by atoms with Crippen molar-refractivity contribution in [3.63, 3.8) is 0 Å². The lowest BCUT2D eigenvalue weighted by Gasteiger charge is -2.44. The van der Waals surface area contributed by atoms with Crippen LogP contribution in [0.15, 0.2) is 28.7 Å². The zero-order chi connectivity index (χ0) is 12.5. The molecule has 0 aliphatic carbocycles. The van der Waals surface area contributed by atoms with Crippen LogP contribution in [0.4, 0.5) is 5.69 Å². The van der Waals surface area contributed by atoms with Crippen LogP contribution in [0.3, 0.4) is 0 Å². The highest BCUT2D eigenvalue weighted by molar-refractivity contribution is 9.10. The molecule has 1 atom stereocenters. The van der Waals surface area contributed by atoms with Crippen molar-refractivity contribution in [2.24, 2.45) is 11.3 Å². The number of piperidine rings is 1. The lowest BCUT2D eigenvalue weighted by atomic mass is 9.73. The monoisotopic (exact) mass is 297 g/mol. The first kappa shape index (κ1) is 12.9. The fourth-order valence-electron chi connectivity index (χ4n) is 2.46. The second kappa shape index (κ2) is 4.99. The summed E-state index contributed by atoms with van der Waals surface area (Å²) in [5.41, 5.74) is 1.48. The summed E-state index contributed by atoms with van der Waals surface area (Å²) >= 11 is 3.60. The normalized spacial score (nSPS) is 23.8. The van der Waals surface area contributed by atoms with Gasteiger partial charge in [-0.25, -0.2) is 0 Å². The summed E-state index contributed by atoms with van der Waals surface area (Å²) in [6.07, 6.45) is 1.12. The van der Waals surface area contributed by atoms with Crippen LogP contribution in [0.1, 0.15) is 20.3 Å². The van der Waals surface area contributed by atoms with E-state index in [0.717, 1.165) is 24.0 Å². The maximum atomic E-state index is 9.52. The predicted molar refractivity (Wildman–Crippen MR) is 75.3 cm³/mol. The number of benzene rings is 1. The molecule has 17 heavy (non-hydrogen) atoms. The van der Waals surface area contributed by atoms with Crippen molar-refractivity contribution in [2.45, 2.75) is 20.3 Å². The fourth-order valence-corrected chi connectivity index (χ4v) is 3.00. The van der Waals surface area contributed by atoms with Crippen LogP contribution in [0.2, 0.25) is 0 Å². The van der Waals surface area contributed by atoms with Crippen LogP contribution in [0.5, 0.6) is 0 Å². The number of hydrogen-bond acceptors (Lipinski definition) is 2. The largest absolute Gasteiger partial charge is 0.396 e. The van der Waals surface area contributed by atoms with Crippen molar-refractivity contribution < 1.29 is 5.11 Å². The molecule has 0 aromatic heterocycles. The molecule has 1 heterocycles. The number of rotatable bonds is 2. The molecule has 0 spiro atoms. The molecule has 0 saturated carbocycles. The minimum atomic E-state index is 0.243. The Balaban J connectivity index is 2.18. The van der Waals surface area contributed by atoms with Gasteiger partial charge in [0.1, 0.15) is 0 Å². The van der Waals surface area contributed by atoms with E-state index in [9.17, 15) is 5.11 Å². The molecule has 1 aliphatic heterocycles. The predicted octanol–water partition coefficient (Wildman–Crippen LogP) is 3.29. The van der Waals surface area contributed by atoms with Crippen LogP contribution in [0.25, 0.3) is 0 Å². The number of hydrogen-bond donors (Lipinski definition) is 1. The average molecular weight is 298 g/mol. The maximum absolute atomic E-state index is 9.52. The molecule has 0 amide bonds. The number of aliphatic hydroxyl groups is 1. The Kier molecular flexibility index (Phi) is 3.79. The van der Waals surface area contributed by atoms with Crippen LogP contribution in [0, 0.1) is 11.3 Å². The van der Waals surface area contributed by atoms with Gasteiger partial charge in [-0.1, -0.05) is 26.0 Å². The summed E-state index contributed by atoms with van der Waals surface area (Å²) in [6.45, 7) is 6.78. The SMILES string of the molecule is CC1(C)CCN(c2ccccc2Br)CC1CO. The van der Waals surface area contributed by atoms with E-state index >= 15 is 0 Å². The van der Waals surface area contributed by atoms with Crippen molar-refractivity contribution in [3.05, 3.63) is 28.7 Å². The van der Waals surface area contributed by atoms with Crippen molar-refractivity contribution >= 4 is 21.6 Å². The first-order valence-corrected chi connectivity index (χ1v) is 6.94. The Morgan fingerprint density at radius 1 is 1.41 bits per heavy atom. The summed E-state index contributed by atoms with van der Waals surface area (Å²) in [4.78, 5) is 2.37. The van der Waals surface area contributed by atoms with Crippen molar-refractivity contribution in [2.75, 3.05) is 24.6 Å². The highest BCUT2D eigenvalue weighted by Crippen LogP contribution is 2.38. The van der Waals surface area contributed by atoms with E-state index in [2.05, 4.69) is 52.9 Å². The molecule has 0 radical (unpaired) electrons. The summed E-state index contributed by atoms with van der Waals surface area (Å²) in [6, 6.07) is 8.30. The van der Waals surface area contributed by atoms with E-state index in [1.54, 1.807) is 0 Å². The van der Waals surface area contributed by atoms with Gasteiger partial charge in [0.25, 0.3) is 0 Å². The van der Waals surface area contributed by atoms with Gasteiger partial charge < -0.3 is 10.0 Å². The third-order valence-corrected chi connectivity index (χ3v) is 4.66. The Bertz CT molecular complexity index is 392. The Morgan fingerprint density at radius 2 is 2.12 bits per heavy atom. The third kappa shape index (κ3) is 2.66. The highest BCUT2D eigenvalue weighted by Gasteiger charge is 2.35. The maximum Gasteiger partial charge on any atom is 0.0510 e. The van der Waals surface area contributed by atoms with Gasteiger partial charge in [0.15, 0.2) is 0 Å². The van der Waals surface area contributed by atoms with Crippen LogP contribution < -0.4 is 4.90 Å². The van der Waals surface area contributed by atoms with Gasteiger partial charge in [0, 0.05) is 30.1 Å². The first-order valence-electron chi connectivity index (χ1n) is 6.15. The molecule has 2 rings (SSSR count). The van der Waals surface area contributed by atoms with E-state index in [4.69, 9.17) is 0 Å². The molecule has 1 aromatic carbocycles. The molecular weight excluding hydrogens is 278 g/mol. The summed E-state index contributed by atoms with van der Waals surface area (Å²) in [7, 11) is 0. The molecular formula is C14H20BrNO. The number of nitrogens with zero attached hydrogens (tertiary/aromatic N) is 1. The van der Waals surface area contributed by atoms with E-state index in [1.807, 2.05) is 6.07 Å². The number of anilines is 1. The minimum absolute atomic E-state index is 0.243. The van der Waals surface area contributed by atoms with Gasteiger partial charge in [-0.15, -0.1) is 0 Å². The van der Waals surface area contributed by atoms with Crippen LogP contribution in [-0.2, 0) is 0 Å². The molecule has 1 aromatic rings. The number of para-hydroxylation sites is 1. The van der Waals surface area contributed by atoms with Crippen molar-refractivity contribution in [1.82, 2.24) is 0 Å². The van der Waals surface area contributed by atoms with Crippen molar-refractivity contribution in [1.29, 1.82) is 0 Å². The van der Waals surface area contributed by atoms with Crippen LogP contribution >= 0.6 is 15.9 Å². The summed E-state index contributed by atoms with van der Waals surface area (Å²) in [5, 5.41) is 9.52. The van der Waals surface area contributed by atoms with Gasteiger partial charge in [-0.3, -0.25) is 0 Å². The second-order valence-electron chi connectivity index (χ2n) is 5.52. The van der Waals surface area contributed by atoms with E-state index in [1.165, 1.54) is 5.69 Å². The van der Waals surface area contributed by atoms with Gasteiger partial charge >= 0.3 is 0 Å². The number of aliphatic hydroxyl groups excluding tert-OH is 1. The van der Waals surface area contributed by atoms with Gasteiger partial charge in [0.2, 0.25) is 0 Å². The molecule has 2 nitrogen and oxygen atoms in total. The van der Waals surface area contributed by atoms with E-state index in [0.29, 0.717) is 5.92 Å². The quantitative estimate of drug-likeness (QED) is 0.905. The van der Waals surface area contributed by atoms with Crippen molar-refractivity contribution in [3.8, 4) is 0 Å². The van der Waals surface area contributed by atoms with Gasteiger partial charge in [-0.2, -0.15) is 0 Å². The molecule has 1 aliphatic rings. The molecule has 3 heteroatoms. The Hall–Kier alpha value is -0.540. The topological polar surface area (TPSA) is 23.5 Å². The molecule has 1 saturated heterocycles. The summed E-state index contributed by atoms with van der Waals surface area (Å²) < 4.78 is 1.14. The lowest BCUT2D eigenvalue weighted by Crippen LogP contribution is -2.46. The first-order chi connectivity index (χ1) is 8.04. The highest BCUT2D eigenvalue weighted by atomic mass is 79.9. The van der Waals surface area contributed by atoms with Gasteiger partial charge in [0.05, 0.1) is 5.69 Å². The smallest absolute Gasteiger partial charge is 0.0510 e. The second-order valence-corrected chi connectivity index (χ2v) is 6.37.